The van der Waals surface area contributed by atoms with Crippen molar-refractivity contribution >= 4 is 23.4 Å². The highest BCUT2D eigenvalue weighted by atomic mass is 32.2. The van der Waals surface area contributed by atoms with Crippen LogP contribution in [0.25, 0.3) is 0 Å². The molecule has 1 aromatic carbocycles. The topological polar surface area (TPSA) is 68.0 Å². The van der Waals surface area contributed by atoms with E-state index in [-0.39, 0.29) is 17.1 Å². The summed E-state index contributed by atoms with van der Waals surface area (Å²) in [5.41, 5.74) is 2.16. The monoisotopic (exact) mass is 397 g/mol. The Bertz CT molecular complexity index is 843. The van der Waals surface area contributed by atoms with Crippen molar-refractivity contribution in [1.29, 1.82) is 0 Å². The summed E-state index contributed by atoms with van der Waals surface area (Å²) in [5.74, 6) is 3.59. The number of hydrogen-bond acceptors (Lipinski definition) is 5. The van der Waals surface area contributed by atoms with E-state index in [4.69, 9.17) is 4.42 Å². The first-order chi connectivity index (χ1) is 13.6. The molecule has 0 spiro atoms. The maximum atomic E-state index is 12.3. The third kappa shape index (κ3) is 3.47. The van der Waals surface area contributed by atoms with E-state index in [1.165, 1.54) is 55.9 Å². The molecule has 0 aliphatic heterocycles. The van der Waals surface area contributed by atoms with Crippen molar-refractivity contribution in [3.05, 3.63) is 35.7 Å². The molecule has 4 saturated carbocycles. The minimum atomic E-state index is -0.0483. The maximum absolute atomic E-state index is 12.3. The average Bonchev–Trinajstić information content (AvgIpc) is 3.15. The smallest absolute Gasteiger partial charge is 0.277 e. The Morgan fingerprint density at radius 2 is 1.89 bits per heavy atom. The molecule has 4 aliphatic rings. The highest BCUT2D eigenvalue weighted by Crippen LogP contribution is 2.60. The normalized spacial score (nSPS) is 30.5. The van der Waals surface area contributed by atoms with Crippen LogP contribution in [0.5, 0.6) is 0 Å². The van der Waals surface area contributed by atoms with Gasteiger partial charge in [-0.3, -0.25) is 4.79 Å². The predicted molar refractivity (Wildman–Crippen MR) is 109 cm³/mol. The van der Waals surface area contributed by atoms with Gasteiger partial charge in [-0.2, -0.15) is 0 Å². The Labute approximate surface area is 170 Å². The van der Waals surface area contributed by atoms with Crippen molar-refractivity contribution in [2.24, 2.45) is 17.8 Å². The van der Waals surface area contributed by atoms with Gasteiger partial charge in [0.05, 0.1) is 5.75 Å². The molecule has 2 aromatic rings. The van der Waals surface area contributed by atoms with Crippen LogP contribution < -0.4 is 5.32 Å². The first-order valence-electron chi connectivity index (χ1n) is 10.5. The summed E-state index contributed by atoms with van der Waals surface area (Å²) in [6, 6.07) is 7.96. The Kier molecular flexibility index (Phi) is 4.69. The van der Waals surface area contributed by atoms with E-state index in [0.717, 1.165) is 35.8 Å². The van der Waals surface area contributed by atoms with E-state index in [9.17, 15) is 4.79 Å². The van der Waals surface area contributed by atoms with Crippen LogP contribution in [0.15, 0.2) is 33.9 Å². The average molecular weight is 398 g/mol. The second-order valence-electron chi connectivity index (χ2n) is 8.96. The van der Waals surface area contributed by atoms with E-state index >= 15 is 0 Å². The van der Waals surface area contributed by atoms with Gasteiger partial charge in [-0.25, -0.2) is 0 Å². The van der Waals surface area contributed by atoms with Crippen LogP contribution in [0.1, 0.15) is 56.9 Å². The van der Waals surface area contributed by atoms with Gasteiger partial charge >= 0.3 is 0 Å². The third-order valence-electron chi connectivity index (χ3n) is 6.84. The van der Waals surface area contributed by atoms with Crippen molar-refractivity contribution in [2.45, 2.75) is 62.5 Å². The van der Waals surface area contributed by atoms with Crippen molar-refractivity contribution in [3.8, 4) is 0 Å². The zero-order valence-corrected chi connectivity index (χ0v) is 17.1. The van der Waals surface area contributed by atoms with Gasteiger partial charge in [0.15, 0.2) is 0 Å². The van der Waals surface area contributed by atoms with Crippen LogP contribution in [-0.4, -0.2) is 21.9 Å². The van der Waals surface area contributed by atoms with Gasteiger partial charge in [0.25, 0.3) is 5.22 Å². The summed E-state index contributed by atoms with van der Waals surface area (Å²) in [6.45, 7) is 2.10. The first-order valence-corrected chi connectivity index (χ1v) is 11.5. The van der Waals surface area contributed by atoms with Gasteiger partial charge in [-0.05, 0) is 80.4 Å². The van der Waals surface area contributed by atoms with E-state index in [1.54, 1.807) is 0 Å². The molecule has 1 N–H and O–H groups in total. The number of aromatic nitrogens is 2. The summed E-state index contributed by atoms with van der Waals surface area (Å²) >= 11 is 1.33. The molecule has 1 aromatic heterocycles. The molecule has 0 radical (unpaired) electrons. The molecule has 0 atom stereocenters. The SMILES string of the molecule is CCc1cccc(NC(=O)CSc2nnc(C34CC5CC(CC(C5)C3)C4)o2)c1. The molecule has 0 unspecified atom stereocenters. The molecule has 6 rings (SSSR count). The van der Waals surface area contributed by atoms with Gasteiger partial charge < -0.3 is 9.73 Å². The van der Waals surface area contributed by atoms with Crippen molar-refractivity contribution < 1.29 is 9.21 Å². The number of amides is 1. The molecule has 5 nitrogen and oxygen atoms in total. The molecule has 148 valence electrons. The van der Waals surface area contributed by atoms with E-state index in [2.05, 4.69) is 28.5 Å². The van der Waals surface area contributed by atoms with Crippen LogP contribution in [0, 0.1) is 17.8 Å². The minimum absolute atomic E-state index is 0.0483. The number of carbonyl (C=O) groups excluding carboxylic acids is 1. The molecular weight excluding hydrogens is 370 g/mol. The Morgan fingerprint density at radius 1 is 1.18 bits per heavy atom. The van der Waals surface area contributed by atoms with Crippen LogP contribution in [0.3, 0.4) is 0 Å². The lowest BCUT2D eigenvalue weighted by Gasteiger charge is -2.55. The number of nitrogens with zero attached hydrogens (tertiary/aromatic N) is 2. The number of benzene rings is 1. The molecule has 4 fully saturated rings. The van der Waals surface area contributed by atoms with Crippen molar-refractivity contribution in [2.75, 3.05) is 11.1 Å². The second-order valence-corrected chi connectivity index (χ2v) is 9.89. The number of carbonyl (C=O) groups is 1. The molecule has 6 heteroatoms. The standard InChI is InChI=1S/C22H27N3O2S/c1-2-14-4-3-5-18(9-14)23-19(26)13-28-21-25-24-20(27-21)22-10-15-6-16(11-22)8-17(7-15)12-22/h3-5,9,15-17H,2,6-8,10-13H2,1H3,(H,23,26). The van der Waals surface area contributed by atoms with Gasteiger partial charge in [0, 0.05) is 11.1 Å². The minimum Gasteiger partial charge on any atom is -0.415 e. The number of thioether (sulfide) groups is 1. The number of rotatable bonds is 6. The van der Waals surface area contributed by atoms with E-state index in [1.807, 2.05) is 18.2 Å². The molecule has 28 heavy (non-hydrogen) atoms. The zero-order chi connectivity index (χ0) is 19.1. The first kappa shape index (κ1) is 18.2. The van der Waals surface area contributed by atoms with Gasteiger partial charge in [0.1, 0.15) is 0 Å². The Hall–Kier alpha value is -1.82. The number of anilines is 1. The highest BCUT2D eigenvalue weighted by molar-refractivity contribution is 7.99. The van der Waals surface area contributed by atoms with Crippen LogP contribution in [0.2, 0.25) is 0 Å². The maximum Gasteiger partial charge on any atom is 0.277 e. The molecule has 4 bridgehead atoms. The largest absolute Gasteiger partial charge is 0.415 e. The predicted octanol–water partition coefficient (Wildman–Crippen LogP) is 4.83. The summed E-state index contributed by atoms with van der Waals surface area (Å²) in [5, 5.41) is 12.1. The molecular formula is C22H27N3O2S. The Morgan fingerprint density at radius 3 is 2.57 bits per heavy atom. The molecule has 0 saturated heterocycles. The second kappa shape index (κ2) is 7.21. The summed E-state index contributed by atoms with van der Waals surface area (Å²) in [6.07, 6.45) is 8.77. The van der Waals surface area contributed by atoms with Gasteiger partial charge in [0.2, 0.25) is 11.8 Å². The number of aryl methyl sites for hydroxylation is 1. The fourth-order valence-corrected chi connectivity index (χ4v) is 6.61. The third-order valence-corrected chi connectivity index (χ3v) is 7.66. The number of nitrogens with one attached hydrogen (secondary N) is 1. The molecule has 4 aliphatic carbocycles. The van der Waals surface area contributed by atoms with Crippen LogP contribution in [-0.2, 0) is 16.6 Å². The summed E-state index contributed by atoms with van der Waals surface area (Å²) < 4.78 is 6.07. The number of hydrogen-bond donors (Lipinski definition) is 1. The lowest BCUT2D eigenvalue weighted by molar-refractivity contribution is -0.113. The van der Waals surface area contributed by atoms with Crippen molar-refractivity contribution in [1.82, 2.24) is 10.2 Å². The summed E-state index contributed by atoms with van der Waals surface area (Å²) in [4.78, 5) is 12.3. The van der Waals surface area contributed by atoms with E-state index < -0.39 is 0 Å². The van der Waals surface area contributed by atoms with Crippen molar-refractivity contribution in [3.63, 3.8) is 0 Å². The van der Waals surface area contributed by atoms with Gasteiger partial charge in [-0.1, -0.05) is 30.8 Å². The molecule has 1 amide bonds. The lowest BCUT2D eigenvalue weighted by atomic mass is 9.49. The fourth-order valence-electron chi connectivity index (χ4n) is 6.05. The van der Waals surface area contributed by atoms with E-state index in [0.29, 0.717) is 5.22 Å². The van der Waals surface area contributed by atoms with Crippen LogP contribution >= 0.6 is 11.8 Å². The quantitative estimate of drug-likeness (QED) is 0.707. The zero-order valence-electron chi connectivity index (χ0n) is 16.3. The lowest BCUT2D eigenvalue weighted by Crippen LogP contribution is -2.48. The fraction of sp³-hybridized carbons (Fsp3) is 0.591. The highest BCUT2D eigenvalue weighted by Gasteiger charge is 2.54. The Balaban J connectivity index is 1.21. The summed E-state index contributed by atoms with van der Waals surface area (Å²) in [7, 11) is 0. The van der Waals surface area contributed by atoms with Gasteiger partial charge in [-0.15, -0.1) is 10.2 Å². The molecule has 1 heterocycles. The van der Waals surface area contributed by atoms with Crippen LogP contribution in [0.4, 0.5) is 5.69 Å².